The fourth-order valence-corrected chi connectivity index (χ4v) is 2.28. The third-order valence-electron chi connectivity index (χ3n) is 1.43. The molecule has 0 unspecified atom stereocenters. The van der Waals surface area contributed by atoms with Crippen molar-refractivity contribution in [2.24, 2.45) is 0 Å². The summed E-state index contributed by atoms with van der Waals surface area (Å²) in [7, 11) is -2.22. The van der Waals surface area contributed by atoms with Gasteiger partial charge in [0.05, 0.1) is 13.2 Å². The van der Waals surface area contributed by atoms with Crippen molar-refractivity contribution in [2.75, 3.05) is 37.2 Å². The van der Waals surface area contributed by atoms with E-state index in [1.165, 1.54) is 0 Å². The molecule has 0 saturated carbocycles. The lowest BCUT2D eigenvalue weighted by Gasteiger charge is -2.04. The van der Waals surface area contributed by atoms with Gasteiger partial charge in [0.1, 0.15) is 0 Å². The van der Waals surface area contributed by atoms with Gasteiger partial charge >= 0.3 is 8.25 Å². The SMILES string of the molecule is CSCCCO[PH](=O)OCCCSC. The molecule has 6 heteroatoms. The van der Waals surface area contributed by atoms with Crippen molar-refractivity contribution in [3.8, 4) is 0 Å². The molecule has 0 bridgehead atoms. The summed E-state index contributed by atoms with van der Waals surface area (Å²) in [5, 5.41) is 0. The summed E-state index contributed by atoms with van der Waals surface area (Å²) in [6, 6.07) is 0. The molecule has 14 heavy (non-hydrogen) atoms. The Labute approximate surface area is 95.6 Å². The highest BCUT2D eigenvalue weighted by Gasteiger charge is 1.98. The van der Waals surface area contributed by atoms with Crippen molar-refractivity contribution in [3.05, 3.63) is 0 Å². The summed E-state index contributed by atoms with van der Waals surface area (Å²) < 4.78 is 21.2. The van der Waals surface area contributed by atoms with Crippen LogP contribution in [0.3, 0.4) is 0 Å². The normalized spacial score (nSPS) is 11.1. The van der Waals surface area contributed by atoms with Crippen molar-refractivity contribution < 1.29 is 13.6 Å². The predicted octanol–water partition coefficient (Wildman–Crippen LogP) is 2.92. The molecule has 0 fully saturated rings. The molecule has 0 radical (unpaired) electrons. The molecule has 0 aliphatic carbocycles. The zero-order valence-electron chi connectivity index (χ0n) is 8.78. The Bertz CT molecular complexity index is 133. The van der Waals surface area contributed by atoms with Gasteiger partial charge in [0.15, 0.2) is 0 Å². The van der Waals surface area contributed by atoms with Crippen LogP contribution in [0.15, 0.2) is 0 Å². The van der Waals surface area contributed by atoms with E-state index in [4.69, 9.17) is 9.05 Å². The van der Waals surface area contributed by atoms with Crippen LogP contribution >= 0.6 is 31.8 Å². The summed E-state index contributed by atoms with van der Waals surface area (Å²) in [5.41, 5.74) is 0. The minimum Gasteiger partial charge on any atom is -0.311 e. The van der Waals surface area contributed by atoms with Gasteiger partial charge in [0.25, 0.3) is 0 Å². The fourth-order valence-electron chi connectivity index (χ4n) is 0.759. The van der Waals surface area contributed by atoms with Crippen molar-refractivity contribution in [2.45, 2.75) is 12.8 Å². The zero-order valence-corrected chi connectivity index (χ0v) is 11.4. The van der Waals surface area contributed by atoms with Gasteiger partial charge in [-0.05, 0) is 36.9 Å². The van der Waals surface area contributed by atoms with Crippen LogP contribution in [-0.2, 0) is 13.6 Å². The van der Waals surface area contributed by atoms with Gasteiger partial charge < -0.3 is 9.05 Å². The average molecular weight is 258 g/mol. The van der Waals surface area contributed by atoms with Crippen LogP contribution in [0.25, 0.3) is 0 Å². The number of thioether (sulfide) groups is 2. The Morgan fingerprint density at radius 1 is 1.00 bits per heavy atom. The van der Waals surface area contributed by atoms with Crippen LogP contribution in [0.4, 0.5) is 0 Å². The quantitative estimate of drug-likeness (QED) is 0.445. The zero-order chi connectivity index (χ0) is 10.6. The van der Waals surface area contributed by atoms with Gasteiger partial charge in [0, 0.05) is 0 Å². The smallest absolute Gasteiger partial charge is 0.311 e. The predicted molar refractivity (Wildman–Crippen MR) is 66.9 cm³/mol. The fraction of sp³-hybridized carbons (Fsp3) is 1.00. The topological polar surface area (TPSA) is 35.5 Å². The van der Waals surface area contributed by atoms with Crippen molar-refractivity contribution in [3.63, 3.8) is 0 Å². The van der Waals surface area contributed by atoms with E-state index in [9.17, 15) is 4.57 Å². The highest BCUT2D eigenvalue weighted by Crippen LogP contribution is 2.24. The molecule has 0 aliphatic rings. The van der Waals surface area contributed by atoms with Gasteiger partial charge in [-0.3, -0.25) is 4.57 Å². The Kier molecular flexibility index (Phi) is 12.6. The van der Waals surface area contributed by atoms with Crippen molar-refractivity contribution in [1.82, 2.24) is 0 Å². The third kappa shape index (κ3) is 10.9. The molecule has 3 nitrogen and oxygen atoms in total. The first-order valence-electron chi connectivity index (χ1n) is 4.58. The molecule has 0 aliphatic heterocycles. The molecule has 86 valence electrons. The van der Waals surface area contributed by atoms with Crippen LogP contribution in [0, 0.1) is 0 Å². The molecule has 0 amide bonds. The highest BCUT2D eigenvalue weighted by atomic mass is 32.2. The van der Waals surface area contributed by atoms with E-state index in [-0.39, 0.29) is 0 Å². The minimum atomic E-state index is -2.22. The van der Waals surface area contributed by atoms with Gasteiger partial charge in [-0.15, -0.1) is 0 Å². The lowest BCUT2D eigenvalue weighted by molar-refractivity contribution is 0.227. The Hall–Kier alpha value is 0.850. The van der Waals surface area contributed by atoms with Crippen molar-refractivity contribution >= 4 is 31.8 Å². The molecule has 0 N–H and O–H groups in total. The second-order valence-corrected chi connectivity index (χ2v) is 5.69. The Morgan fingerprint density at radius 2 is 1.43 bits per heavy atom. The largest absolute Gasteiger partial charge is 0.319 e. The maximum Gasteiger partial charge on any atom is 0.319 e. The molecular formula is C8H19O3PS2. The lowest BCUT2D eigenvalue weighted by atomic mass is 10.5. The van der Waals surface area contributed by atoms with Crippen LogP contribution in [0.2, 0.25) is 0 Å². The van der Waals surface area contributed by atoms with E-state index < -0.39 is 8.25 Å². The molecular weight excluding hydrogens is 239 g/mol. The average Bonchev–Trinajstić information content (AvgIpc) is 2.19. The molecule has 0 heterocycles. The van der Waals surface area contributed by atoms with Gasteiger partial charge in [-0.2, -0.15) is 23.5 Å². The van der Waals surface area contributed by atoms with E-state index in [2.05, 4.69) is 0 Å². The van der Waals surface area contributed by atoms with Gasteiger partial charge in [0.2, 0.25) is 0 Å². The first kappa shape index (κ1) is 14.8. The standard InChI is InChI=1S/C8H19O3PS2/c1-13-7-3-5-10-12(9)11-6-4-8-14-2/h12H,3-8H2,1-2H3. The molecule has 0 aromatic carbocycles. The lowest BCUT2D eigenvalue weighted by Crippen LogP contribution is -1.93. The second kappa shape index (κ2) is 11.9. The van der Waals surface area contributed by atoms with E-state index in [0.717, 1.165) is 24.3 Å². The molecule has 0 atom stereocenters. The Morgan fingerprint density at radius 3 is 1.79 bits per heavy atom. The number of hydrogen-bond donors (Lipinski definition) is 0. The summed E-state index contributed by atoms with van der Waals surface area (Å²) >= 11 is 3.53. The molecule has 0 spiro atoms. The van der Waals surface area contributed by atoms with E-state index in [0.29, 0.717) is 13.2 Å². The summed E-state index contributed by atoms with van der Waals surface area (Å²) in [6.45, 7) is 1.09. The first-order chi connectivity index (χ1) is 6.81. The minimum absolute atomic E-state index is 0.543. The number of hydrogen-bond acceptors (Lipinski definition) is 5. The van der Waals surface area contributed by atoms with E-state index >= 15 is 0 Å². The molecule has 0 rings (SSSR count). The highest BCUT2D eigenvalue weighted by molar-refractivity contribution is 7.98. The van der Waals surface area contributed by atoms with Crippen LogP contribution < -0.4 is 0 Å². The van der Waals surface area contributed by atoms with Gasteiger partial charge in [-0.1, -0.05) is 0 Å². The first-order valence-corrected chi connectivity index (χ1v) is 8.60. The summed E-state index contributed by atoms with van der Waals surface area (Å²) in [6.07, 6.45) is 5.96. The van der Waals surface area contributed by atoms with Crippen molar-refractivity contribution in [1.29, 1.82) is 0 Å². The van der Waals surface area contributed by atoms with Gasteiger partial charge in [-0.25, -0.2) is 0 Å². The maximum atomic E-state index is 11.1. The summed E-state index contributed by atoms with van der Waals surface area (Å²) in [5.74, 6) is 2.09. The Balaban J connectivity index is 3.11. The van der Waals surface area contributed by atoms with Crippen LogP contribution in [0.5, 0.6) is 0 Å². The monoisotopic (exact) mass is 258 g/mol. The third-order valence-corrected chi connectivity index (χ3v) is 3.70. The van der Waals surface area contributed by atoms with Crippen LogP contribution in [0.1, 0.15) is 12.8 Å². The second-order valence-electron chi connectivity index (χ2n) is 2.64. The number of rotatable bonds is 10. The van der Waals surface area contributed by atoms with E-state index in [1.54, 1.807) is 23.5 Å². The van der Waals surface area contributed by atoms with Crippen LogP contribution in [-0.4, -0.2) is 37.2 Å². The molecule has 0 saturated heterocycles. The summed E-state index contributed by atoms with van der Waals surface area (Å²) in [4.78, 5) is 0. The molecule has 0 aromatic heterocycles. The molecule has 0 aromatic rings. The van der Waals surface area contributed by atoms with E-state index in [1.807, 2.05) is 12.5 Å². The maximum absolute atomic E-state index is 11.1.